The summed E-state index contributed by atoms with van der Waals surface area (Å²) in [5, 5.41) is 0. The minimum atomic E-state index is -0.506. The fourth-order valence-corrected chi connectivity index (χ4v) is 1.82. The maximum atomic E-state index is 14.3. The molecule has 0 spiro atoms. The van der Waals surface area contributed by atoms with Gasteiger partial charge in [0.1, 0.15) is 5.84 Å². The number of nitrogens with zero attached hydrogens (tertiary/aromatic N) is 1. The van der Waals surface area contributed by atoms with E-state index >= 15 is 0 Å². The van der Waals surface area contributed by atoms with Gasteiger partial charge >= 0.3 is 0 Å². The molecule has 2 rings (SSSR count). The van der Waals surface area contributed by atoms with Crippen LogP contribution in [0.4, 0.5) is 15.8 Å². The Hall–Kier alpha value is -2.56. The minimum absolute atomic E-state index is 0.00238. The van der Waals surface area contributed by atoms with Gasteiger partial charge in [-0.25, -0.2) is 4.39 Å². The number of halogens is 1. The monoisotopic (exact) mass is 258 g/mol. The van der Waals surface area contributed by atoms with Gasteiger partial charge in [0.05, 0.1) is 5.69 Å². The van der Waals surface area contributed by atoms with Crippen LogP contribution in [0.5, 0.6) is 0 Å². The highest BCUT2D eigenvalue weighted by Gasteiger charge is 2.13. The van der Waals surface area contributed by atoms with Gasteiger partial charge in [0.2, 0.25) is 0 Å². The molecule has 6 N–H and O–H groups in total. The predicted octanol–water partition coefficient (Wildman–Crippen LogP) is 1.99. The van der Waals surface area contributed by atoms with E-state index in [1.54, 1.807) is 36.4 Å². The number of amidine groups is 1. The van der Waals surface area contributed by atoms with Crippen molar-refractivity contribution in [3.8, 4) is 11.1 Å². The van der Waals surface area contributed by atoms with Gasteiger partial charge < -0.3 is 17.2 Å². The van der Waals surface area contributed by atoms with Crippen LogP contribution in [0.15, 0.2) is 41.4 Å². The number of hydrogen-bond donors (Lipinski definition) is 3. The summed E-state index contributed by atoms with van der Waals surface area (Å²) in [5.41, 5.74) is 19.2. The summed E-state index contributed by atoms with van der Waals surface area (Å²) >= 11 is 0. The third-order valence-electron chi connectivity index (χ3n) is 2.92. The molecule has 4 nitrogen and oxygen atoms in total. The smallest absolute Gasteiger partial charge is 0.154 e. The van der Waals surface area contributed by atoms with Gasteiger partial charge in [-0.1, -0.05) is 18.2 Å². The zero-order valence-electron chi connectivity index (χ0n) is 10.5. The number of benzene rings is 2. The number of anilines is 2. The number of nitrogen functional groups attached to an aromatic ring is 2. The first kappa shape index (κ1) is 12.9. The van der Waals surface area contributed by atoms with Crippen LogP contribution in [0.25, 0.3) is 11.1 Å². The van der Waals surface area contributed by atoms with Crippen LogP contribution in [-0.4, -0.2) is 12.9 Å². The third-order valence-corrected chi connectivity index (χ3v) is 2.92. The first-order valence-corrected chi connectivity index (χ1v) is 5.71. The van der Waals surface area contributed by atoms with Gasteiger partial charge in [0, 0.05) is 23.9 Å². The molecule has 19 heavy (non-hydrogen) atoms. The van der Waals surface area contributed by atoms with Gasteiger partial charge in [-0.2, -0.15) is 0 Å². The Balaban J connectivity index is 2.56. The van der Waals surface area contributed by atoms with Crippen LogP contribution in [-0.2, 0) is 0 Å². The zero-order chi connectivity index (χ0) is 14.0. The van der Waals surface area contributed by atoms with Crippen molar-refractivity contribution in [2.75, 3.05) is 18.5 Å². The van der Waals surface area contributed by atoms with Crippen molar-refractivity contribution in [3.05, 3.63) is 47.8 Å². The first-order valence-electron chi connectivity index (χ1n) is 5.71. The molecule has 0 aromatic heterocycles. The maximum absolute atomic E-state index is 14.3. The van der Waals surface area contributed by atoms with E-state index in [1.165, 1.54) is 7.05 Å². The molecule has 0 aliphatic heterocycles. The summed E-state index contributed by atoms with van der Waals surface area (Å²) in [4.78, 5) is 3.81. The van der Waals surface area contributed by atoms with Gasteiger partial charge in [-0.05, 0) is 23.8 Å². The highest BCUT2D eigenvalue weighted by Crippen LogP contribution is 2.29. The Kier molecular flexibility index (Phi) is 3.37. The molecule has 0 radical (unpaired) electrons. The lowest BCUT2D eigenvalue weighted by atomic mass is 10.0. The van der Waals surface area contributed by atoms with Crippen LogP contribution in [0.3, 0.4) is 0 Å². The molecular weight excluding hydrogens is 243 g/mol. The molecule has 0 unspecified atom stereocenters. The fourth-order valence-electron chi connectivity index (χ4n) is 1.82. The largest absolute Gasteiger partial charge is 0.399 e. The van der Waals surface area contributed by atoms with E-state index in [1.807, 2.05) is 0 Å². The van der Waals surface area contributed by atoms with Crippen LogP contribution < -0.4 is 17.2 Å². The van der Waals surface area contributed by atoms with E-state index in [9.17, 15) is 4.39 Å². The summed E-state index contributed by atoms with van der Waals surface area (Å²) in [5.74, 6) is -0.297. The molecule has 2 aromatic carbocycles. The molecule has 0 fully saturated rings. The van der Waals surface area contributed by atoms with Gasteiger partial charge in [0.25, 0.3) is 0 Å². The summed E-state index contributed by atoms with van der Waals surface area (Å²) in [6, 6.07) is 10.2. The Morgan fingerprint density at radius 3 is 2.26 bits per heavy atom. The molecule has 0 aliphatic rings. The van der Waals surface area contributed by atoms with Crippen molar-refractivity contribution >= 4 is 17.2 Å². The zero-order valence-corrected chi connectivity index (χ0v) is 10.5. The topological polar surface area (TPSA) is 90.4 Å². The highest BCUT2D eigenvalue weighted by molar-refractivity contribution is 6.02. The number of aliphatic imine (C=N–C) groups is 1. The van der Waals surface area contributed by atoms with Crippen LogP contribution >= 0.6 is 0 Å². The number of rotatable bonds is 2. The molecule has 0 saturated heterocycles. The Morgan fingerprint density at radius 1 is 1.05 bits per heavy atom. The van der Waals surface area contributed by atoms with E-state index in [0.29, 0.717) is 22.4 Å². The quantitative estimate of drug-likeness (QED) is 0.437. The normalized spacial score (nSPS) is 11.6. The second-order valence-corrected chi connectivity index (χ2v) is 4.12. The fraction of sp³-hybridized carbons (Fsp3) is 0.0714. The minimum Gasteiger partial charge on any atom is -0.399 e. The van der Waals surface area contributed by atoms with E-state index in [2.05, 4.69) is 4.99 Å². The van der Waals surface area contributed by atoms with Crippen molar-refractivity contribution in [2.45, 2.75) is 0 Å². The van der Waals surface area contributed by atoms with Gasteiger partial charge in [0.15, 0.2) is 5.82 Å². The Bertz CT molecular complexity index is 633. The molecule has 0 atom stereocenters. The summed E-state index contributed by atoms with van der Waals surface area (Å²) < 4.78 is 14.3. The lowest BCUT2D eigenvalue weighted by molar-refractivity contribution is 0.635. The molecule has 98 valence electrons. The first-order chi connectivity index (χ1) is 9.04. The molecule has 0 saturated carbocycles. The van der Waals surface area contributed by atoms with Crippen molar-refractivity contribution in [1.82, 2.24) is 0 Å². The highest BCUT2D eigenvalue weighted by atomic mass is 19.1. The number of hydrogen-bond acceptors (Lipinski definition) is 3. The van der Waals surface area contributed by atoms with Crippen molar-refractivity contribution in [2.24, 2.45) is 10.7 Å². The summed E-state index contributed by atoms with van der Waals surface area (Å²) in [7, 11) is 1.53. The van der Waals surface area contributed by atoms with Gasteiger partial charge in [-0.3, -0.25) is 4.99 Å². The maximum Gasteiger partial charge on any atom is 0.154 e. The lowest BCUT2D eigenvalue weighted by Gasteiger charge is -2.10. The van der Waals surface area contributed by atoms with Crippen LogP contribution in [0.2, 0.25) is 0 Å². The van der Waals surface area contributed by atoms with Gasteiger partial charge in [-0.15, -0.1) is 0 Å². The second-order valence-electron chi connectivity index (χ2n) is 4.12. The SMILES string of the molecule is CN=C(N)c1ccc(-c2ccc(N)cc2)c(F)c1N. The summed E-state index contributed by atoms with van der Waals surface area (Å²) in [6.07, 6.45) is 0. The standard InChI is InChI=1S/C14H15FN4/c1-19-14(18)11-7-6-10(12(15)13(11)17)8-2-4-9(16)5-3-8/h2-7H,16-17H2,1H3,(H2,18,19). The van der Waals surface area contributed by atoms with Crippen molar-refractivity contribution in [1.29, 1.82) is 0 Å². The molecule has 0 heterocycles. The summed E-state index contributed by atoms with van der Waals surface area (Å²) in [6.45, 7) is 0. The average molecular weight is 258 g/mol. The number of nitrogens with two attached hydrogens (primary N) is 3. The molecule has 0 aliphatic carbocycles. The molecule has 5 heteroatoms. The molecule has 2 aromatic rings. The van der Waals surface area contributed by atoms with E-state index < -0.39 is 5.82 Å². The third kappa shape index (κ3) is 2.35. The van der Waals surface area contributed by atoms with E-state index in [0.717, 1.165) is 0 Å². The van der Waals surface area contributed by atoms with Crippen molar-refractivity contribution in [3.63, 3.8) is 0 Å². The lowest BCUT2D eigenvalue weighted by Crippen LogP contribution is -2.16. The second kappa shape index (κ2) is 4.97. The van der Waals surface area contributed by atoms with Crippen molar-refractivity contribution < 1.29 is 4.39 Å². The predicted molar refractivity (Wildman–Crippen MR) is 77.3 cm³/mol. The molecule has 0 bridgehead atoms. The Morgan fingerprint density at radius 2 is 1.68 bits per heavy atom. The average Bonchev–Trinajstić information content (AvgIpc) is 2.42. The molecular formula is C14H15FN4. The van der Waals surface area contributed by atoms with Crippen LogP contribution in [0.1, 0.15) is 5.56 Å². The molecule has 0 amide bonds. The van der Waals surface area contributed by atoms with E-state index in [4.69, 9.17) is 17.2 Å². The Labute approximate surface area is 110 Å². The van der Waals surface area contributed by atoms with Crippen LogP contribution in [0, 0.1) is 5.82 Å². The van der Waals surface area contributed by atoms with E-state index in [-0.39, 0.29) is 11.5 Å².